The summed E-state index contributed by atoms with van der Waals surface area (Å²) in [6.07, 6.45) is 1.54. The SMILES string of the molecule is Cc1ccsc1Nc1cc(NC(C)CN)ncn1. The topological polar surface area (TPSA) is 75.9 Å². The predicted molar refractivity (Wildman–Crippen MR) is 76.5 cm³/mol. The van der Waals surface area contributed by atoms with Crippen molar-refractivity contribution in [2.24, 2.45) is 5.73 Å². The van der Waals surface area contributed by atoms with Gasteiger partial charge in [0.1, 0.15) is 18.0 Å². The number of nitrogens with zero attached hydrogens (tertiary/aromatic N) is 2. The van der Waals surface area contributed by atoms with Crippen LogP contribution in [-0.2, 0) is 0 Å². The molecule has 2 rings (SSSR count). The molecule has 0 saturated heterocycles. The van der Waals surface area contributed by atoms with Crippen LogP contribution in [0.4, 0.5) is 16.6 Å². The molecule has 1 unspecified atom stereocenters. The fraction of sp³-hybridized carbons (Fsp3) is 0.333. The van der Waals surface area contributed by atoms with E-state index in [4.69, 9.17) is 5.73 Å². The van der Waals surface area contributed by atoms with Crippen LogP contribution in [0.15, 0.2) is 23.8 Å². The van der Waals surface area contributed by atoms with Gasteiger partial charge in [-0.3, -0.25) is 0 Å². The smallest absolute Gasteiger partial charge is 0.136 e. The van der Waals surface area contributed by atoms with Gasteiger partial charge in [0.15, 0.2) is 0 Å². The molecule has 1 atom stereocenters. The van der Waals surface area contributed by atoms with Gasteiger partial charge in [-0.1, -0.05) is 0 Å². The van der Waals surface area contributed by atoms with E-state index < -0.39 is 0 Å². The van der Waals surface area contributed by atoms with Crippen LogP contribution < -0.4 is 16.4 Å². The fourth-order valence-corrected chi connectivity index (χ4v) is 2.26. The van der Waals surface area contributed by atoms with E-state index in [1.165, 1.54) is 11.9 Å². The predicted octanol–water partition coefficient (Wildman–Crippen LogP) is 2.35. The van der Waals surface area contributed by atoms with Crippen molar-refractivity contribution in [3.8, 4) is 0 Å². The number of aryl methyl sites for hydroxylation is 1. The maximum Gasteiger partial charge on any atom is 0.136 e. The van der Waals surface area contributed by atoms with E-state index in [9.17, 15) is 0 Å². The molecule has 0 spiro atoms. The van der Waals surface area contributed by atoms with E-state index in [0.29, 0.717) is 6.54 Å². The lowest BCUT2D eigenvalue weighted by molar-refractivity contribution is 0.797. The Morgan fingerprint density at radius 3 is 2.83 bits per heavy atom. The highest BCUT2D eigenvalue weighted by Crippen LogP contribution is 2.25. The van der Waals surface area contributed by atoms with Gasteiger partial charge in [0.2, 0.25) is 0 Å². The van der Waals surface area contributed by atoms with Crippen molar-refractivity contribution >= 4 is 28.0 Å². The van der Waals surface area contributed by atoms with E-state index >= 15 is 0 Å². The molecule has 0 aliphatic rings. The van der Waals surface area contributed by atoms with Gasteiger partial charge in [-0.2, -0.15) is 0 Å². The quantitative estimate of drug-likeness (QED) is 0.772. The largest absolute Gasteiger partial charge is 0.366 e. The summed E-state index contributed by atoms with van der Waals surface area (Å²) in [7, 11) is 0. The summed E-state index contributed by atoms with van der Waals surface area (Å²) < 4.78 is 0. The fourth-order valence-electron chi connectivity index (χ4n) is 1.43. The van der Waals surface area contributed by atoms with Crippen molar-refractivity contribution in [2.75, 3.05) is 17.2 Å². The number of nitrogens with one attached hydrogen (secondary N) is 2. The van der Waals surface area contributed by atoms with Crippen molar-refractivity contribution in [1.29, 1.82) is 0 Å². The molecule has 2 heterocycles. The zero-order chi connectivity index (χ0) is 13.0. The molecule has 96 valence electrons. The van der Waals surface area contributed by atoms with E-state index in [1.807, 2.05) is 13.0 Å². The first-order valence-corrected chi connectivity index (χ1v) is 6.66. The molecule has 5 nitrogen and oxygen atoms in total. The maximum absolute atomic E-state index is 5.57. The van der Waals surface area contributed by atoms with Crippen LogP contribution in [0.1, 0.15) is 12.5 Å². The molecule has 0 aliphatic heterocycles. The van der Waals surface area contributed by atoms with Gasteiger partial charge in [0.25, 0.3) is 0 Å². The average molecular weight is 263 g/mol. The Morgan fingerprint density at radius 2 is 2.17 bits per heavy atom. The summed E-state index contributed by atoms with van der Waals surface area (Å²) in [5, 5.41) is 9.65. The first kappa shape index (κ1) is 12.8. The zero-order valence-corrected chi connectivity index (χ0v) is 11.3. The van der Waals surface area contributed by atoms with Gasteiger partial charge in [-0.25, -0.2) is 9.97 Å². The minimum absolute atomic E-state index is 0.191. The van der Waals surface area contributed by atoms with Crippen molar-refractivity contribution in [3.05, 3.63) is 29.4 Å². The molecule has 0 aromatic carbocycles. The van der Waals surface area contributed by atoms with Crippen LogP contribution in [-0.4, -0.2) is 22.6 Å². The molecule has 0 saturated carbocycles. The van der Waals surface area contributed by atoms with Gasteiger partial charge in [-0.15, -0.1) is 11.3 Å². The molecule has 2 aromatic heterocycles. The summed E-state index contributed by atoms with van der Waals surface area (Å²) in [4.78, 5) is 8.37. The molecular weight excluding hydrogens is 246 g/mol. The molecule has 6 heteroatoms. The Balaban J connectivity index is 2.10. The molecule has 0 bridgehead atoms. The van der Waals surface area contributed by atoms with E-state index in [-0.39, 0.29) is 6.04 Å². The minimum atomic E-state index is 0.191. The van der Waals surface area contributed by atoms with Gasteiger partial charge in [0.05, 0.1) is 5.00 Å². The van der Waals surface area contributed by atoms with Crippen LogP contribution in [0.3, 0.4) is 0 Å². The normalized spacial score (nSPS) is 12.2. The second-order valence-electron chi connectivity index (χ2n) is 4.13. The molecule has 0 aliphatic carbocycles. The molecule has 0 amide bonds. The van der Waals surface area contributed by atoms with Gasteiger partial charge >= 0.3 is 0 Å². The molecule has 0 radical (unpaired) electrons. The average Bonchev–Trinajstić information content (AvgIpc) is 2.75. The standard InChI is InChI=1S/C12H17N5S/c1-8-3-4-18-12(8)17-11-5-10(14-7-15-11)16-9(2)6-13/h3-5,7,9H,6,13H2,1-2H3,(H2,14,15,16,17). The third kappa shape index (κ3) is 3.18. The highest BCUT2D eigenvalue weighted by molar-refractivity contribution is 7.14. The highest BCUT2D eigenvalue weighted by atomic mass is 32.1. The number of anilines is 3. The molecule has 4 N–H and O–H groups in total. The molecule has 2 aromatic rings. The lowest BCUT2D eigenvalue weighted by Gasteiger charge is -2.12. The van der Waals surface area contributed by atoms with E-state index in [0.717, 1.165) is 16.6 Å². The number of rotatable bonds is 5. The van der Waals surface area contributed by atoms with Crippen molar-refractivity contribution in [2.45, 2.75) is 19.9 Å². The lowest BCUT2D eigenvalue weighted by Crippen LogP contribution is -2.25. The van der Waals surface area contributed by atoms with Crippen LogP contribution >= 0.6 is 11.3 Å². The van der Waals surface area contributed by atoms with Crippen LogP contribution in [0.5, 0.6) is 0 Å². The highest BCUT2D eigenvalue weighted by Gasteiger charge is 2.04. The van der Waals surface area contributed by atoms with Crippen LogP contribution in [0.25, 0.3) is 0 Å². The van der Waals surface area contributed by atoms with E-state index in [2.05, 4.69) is 39.0 Å². The number of nitrogens with two attached hydrogens (primary N) is 1. The van der Waals surface area contributed by atoms with Crippen molar-refractivity contribution in [3.63, 3.8) is 0 Å². The number of thiophene rings is 1. The zero-order valence-electron chi connectivity index (χ0n) is 10.5. The summed E-state index contributed by atoms with van der Waals surface area (Å²) in [5.74, 6) is 1.56. The second kappa shape index (κ2) is 5.79. The van der Waals surface area contributed by atoms with Crippen LogP contribution in [0, 0.1) is 6.92 Å². The van der Waals surface area contributed by atoms with Gasteiger partial charge in [-0.05, 0) is 30.9 Å². The second-order valence-corrected chi connectivity index (χ2v) is 5.04. The first-order valence-electron chi connectivity index (χ1n) is 5.79. The summed E-state index contributed by atoms with van der Waals surface area (Å²) in [5.41, 5.74) is 6.78. The Bertz CT molecular complexity index is 511. The lowest BCUT2D eigenvalue weighted by atomic mass is 10.3. The summed E-state index contributed by atoms with van der Waals surface area (Å²) in [6.45, 7) is 4.64. The Hall–Kier alpha value is -1.66. The Morgan fingerprint density at radius 1 is 1.39 bits per heavy atom. The molecule has 18 heavy (non-hydrogen) atoms. The Kier molecular flexibility index (Phi) is 4.11. The van der Waals surface area contributed by atoms with Gasteiger partial charge in [0, 0.05) is 18.7 Å². The summed E-state index contributed by atoms with van der Waals surface area (Å²) >= 11 is 1.66. The Labute approximate surface area is 110 Å². The minimum Gasteiger partial charge on any atom is -0.366 e. The molecule has 0 fully saturated rings. The number of aromatic nitrogens is 2. The maximum atomic E-state index is 5.57. The van der Waals surface area contributed by atoms with Crippen molar-refractivity contribution < 1.29 is 0 Å². The van der Waals surface area contributed by atoms with E-state index in [1.54, 1.807) is 11.3 Å². The van der Waals surface area contributed by atoms with Crippen molar-refractivity contribution in [1.82, 2.24) is 9.97 Å². The summed E-state index contributed by atoms with van der Waals surface area (Å²) in [6, 6.07) is 4.14. The monoisotopic (exact) mass is 263 g/mol. The van der Waals surface area contributed by atoms with Crippen LogP contribution in [0.2, 0.25) is 0 Å². The number of hydrogen-bond donors (Lipinski definition) is 3. The third-order valence-electron chi connectivity index (χ3n) is 2.52. The molecular formula is C12H17N5S. The first-order chi connectivity index (χ1) is 8.69. The third-order valence-corrected chi connectivity index (χ3v) is 3.45. The number of hydrogen-bond acceptors (Lipinski definition) is 6. The van der Waals surface area contributed by atoms with Gasteiger partial charge < -0.3 is 16.4 Å².